The van der Waals surface area contributed by atoms with E-state index in [-0.39, 0.29) is 11.7 Å². The summed E-state index contributed by atoms with van der Waals surface area (Å²) in [6.45, 7) is 6.88. The molecule has 1 amide bonds. The lowest BCUT2D eigenvalue weighted by molar-refractivity contribution is -0.143. The zero-order chi connectivity index (χ0) is 22.8. The summed E-state index contributed by atoms with van der Waals surface area (Å²) in [5.74, 6) is -1.66. The molecular formula is C21H21F4N5O. The van der Waals surface area contributed by atoms with Crippen molar-refractivity contribution in [1.29, 1.82) is 0 Å². The Hall–Kier alpha value is -3.43. The number of rotatable bonds is 6. The summed E-state index contributed by atoms with van der Waals surface area (Å²) in [6.07, 6.45) is -4.91. The second kappa shape index (κ2) is 8.75. The molecule has 0 aliphatic carbocycles. The van der Waals surface area contributed by atoms with Crippen LogP contribution in [-0.4, -0.2) is 33.5 Å². The fraction of sp³-hybridized carbons (Fsp3) is 0.286. The number of halogens is 4. The zero-order valence-electron chi connectivity index (χ0n) is 17.1. The van der Waals surface area contributed by atoms with Gasteiger partial charge in [-0.05, 0) is 69.3 Å². The minimum absolute atomic E-state index is 0.0713. The Kier molecular flexibility index (Phi) is 6.28. The first-order valence-corrected chi connectivity index (χ1v) is 9.58. The molecule has 1 N–H and O–H groups in total. The Labute approximate surface area is 176 Å². The van der Waals surface area contributed by atoms with Gasteiger partial charge in [0.25, 0.3) is 5.91 Å². The number of alkyl halides is 3. The van der Waals surface area contributed by atoms with Gasteiger partial charge >= 0.3 is 6.18 Å². The molecule has 2 aromatic carbocycles. The van der Waals surface area contributed by atoms with Crippen LogP contribution in [0.5, 0.6) is 0 Å². The van der Waals surface area contributed by atoms with E-state index in [1.54, 1.807) is 24.3 Å². The van der Waals surface area contributed by atoms with Crippen molar-refractivity contribution in [3.05, 3.63) is 65.7 Å². The number of hydrogen-bond donors (Lipinski definition) is 1. The van der Waals surface area contributed by atoms with Gasteiger partial charge in [-0.2, -0.15) is 13.2 Å². The molecule has 31 heavy (non-hydrogen) atoms. The minimum Gasteiger partial charge on any atom is -0.369 e. The Balaban J connectivity index is 1.89. The minimum atomic E-state index is -4.91. The highest BCUT2D eigenvalue weighted by molar-refractivity contribution is 6.03. The van der Waals surface area contributed by atoms with Crippen molar-refractivity contribution >= 4 is 17.3 Å². The third kappa shape index (κ3) is 4.84. The predicted octanol–water partition coefficient (Wildman–Crippen LogP) is 4.91. The van der Waals surface area contributed by atoms with Gasteiger partial charge in [0.1, 0.15) is 5.82 Å². The number of nitrogens with one attached hydrogen (secondary N) is 1. The summed E-state index contributed by atoms with van der Waals surface area (Å²) in [4.78, 5) is 14.7. The molecular weight excluding hydrogens is 414 g/mol. The number of carbonyl (C=O) groups is 1. The average molecular weight is 435 g/mol. The molecule has 164 valence electrons. The van der Waals surface area contributed by atoms with Crippen molar-refractivity contribution < 1.29 is 22.4 Å². The monoisotopic (exact) mass is 435 g/mol. The van der Waals surface area contributed by atoms with Crippen LogP contribution in [0.2, 0.25) is 0 Å². The van der Waals surface area contributed by atoms with E-state index in [1.165, 1.54) is 0 Å². The number of benzene rings is 2. The van der Waals surface area contributed by atoms with Crippen LogP contribution >= 0.6 is 0 Å². The van der Waals surface area contributed by atoms with Gasteiger partial charge in [-0.15, -0.1) is 5.10 Å². The molecule has 0 atom stereocenters. The van der Waals surface area contributed by atoms with Gasteiger partial charge in [0.15, 0.2) is 11.4 Å². The third-order valence-electron chi connectivity index (χ3n) is 4.65. The highest BCUT2D eigenvalue weighted by atomic mass is 19.4. The summed E-state index contributed by atoms with van der Waals surface area (Å²) >= 11 is 0. The molecule has 0 fully saturated rings. The highest BCUT2D eigenvalue weighted by Crippen LogP contribution is 2.33. The fourth-order valence-corrected chi connectivity index (χ4v) is 3.22. The van der Waals surface area contributed by atoms with Crippen molar-refractivity contribution in [3.63, 3.8) is 0 Å². The van der Waals surface area contributed by atoms with Crippen molar-refractivity contribution in [1.82, 2.24) is 15.0 Å². The standard InChI is InChI=1S/C21H21F4N5O/c1-4-29(13(2)3)16-11-7-15(8-12-16)26-20(31)18-19(21(23,24)25)30(28-27-18)17-9-5-14(22)6-10-17/h5-13H,4H2,1-3H3,(H,26,31). The zero-order valence-corrected chi connectivity index (χ0v) is 17.1. The average Bonchev–Trinajstić information content (AvgIpc) is 3.16. The highest BCUT2D eigenvalue weighted by Gasteiger charge is 2.42. The van der Waals surface area contributed by atoms with E-state index < -0.39 is 29.3 Å². The maximum absolute atomic E-state index is 13.7. The van der Waals surface area contributed by atoms with Crippen LogP contribution in [0, 0.1) is 5.82 Å². The van der Waals surface area contributed by atoms with E-state index in [4.69, 9.17) is 0 Å². The van der Waals surface area contributed by atoms with Gasteiger partial charge < -0.3 is 10.2 Å². The smallest absolute Gasteiger partial charge is 0.369 e. The van der Waals surface area contributed by atoms with E-state index in [0.29, 0.717) is 10.4 Å². The van der Waals surface area contributed by atoms with Crippen LogP contribution in [0.25, 0.3) is 5.69 Å². The van der Waals surface area contributed by atoms with Crippen molar-refractivity contribution in [2.24, 2.45) is 0 Å². The first-order chi connectivity index (χ1) is 14.6. The summed E-state index contributed by atoms with van der Waals surface area (Å²) in [5.41, 5.74) is -1.05. The largest absolute Gasteiger partial charge is 0.435 e. The molecule has 0 aliphatic rings. The molecule has 0 saturated heterocycles. The van der Waals surface area contributed by atoms with E-state index in [1.807, 2.05) is 20.8 Å². The number of carbonyl (C=O) groups excluding carboxylic acids is 1. The first-order valence-electron chi connectivity index (χ1n) is 9.58. The predicted molar refractivity (Wildman–Crippen MR) is 109 cm³/mol. The number of hydrogen-bond acceptors (Lipinski definition) is 4. The fourth-order valence-electron chi connectivity index (χ4n) is 3.22. The lowest BCUT2D eigenvalue weighted by atomic mass is 10.2. The Morgan fingerprint density at radius 1 is 1.10 bits per heavy atom. The lowest BCUT2D eigenvalue weighted by Gasteiger charge is -2.27. The van der Waals surface area contributed by atoms with Gasteiger partial charge in [0, 0.05) is 24.0 Å². The van der Waals surface area contributed by atoms with E-state index in [0.717, 1.165) is 36.5 Å². The molecule has 0 bridgehead atoms. The molecule has 0 unspecified atom stereocenters. The molecule has 0 radical (unpaired) electrons. The summed E-state index contributed by atoms with van der Waals surface area (Å²) in [5, 5.41) is 9.33. The second-order valence-corrected chi connectivity index (χ2v) is 7.05. The Morgan fingerprint density at radius 3 is 2.23 bits per heavy atom. The lowest BCUT2D eigenvalue weighted by Crippen LogP contribution is -2.30. The summed E-state index contributed by atoms with van der Waals surface area (Å²) < 4.78 is 54.7. The number of aromatic nitrogens is 3. The quantitative estimate of drug-likeness (QED) is 0.559. The van der Waals surface area contributed by atoms with Crippen molar-refractivity contribution in [2.45, 2.75) is 33.0 Å². The van der Waals surface area contributed by atoms with E-state index >= 15 is 0 Å². The maximum atomic E-state index is 13.7. The van der Waals surface area contributed by atoms with Crippen molar-refractivity contribution in [2.75, 3.05) is 16.8 Å². The van der Waals surface area contributed by atoms with Crippen LogP contribution in [0.3, 0.4) is 0 Å². The first kappa shape index (κ1) is 22.3. The number of anilines is 2. The SMILES string of the molecule is CCN(c1ccc(NC(=O)c2nnn(-c3ccc(F)cc3)c2C(F)(F)F)cc1)C(C)C. The summed E-state index contributed by atoms with van der Waals surface area (Å²) in [6, 6.07) is 11.3. The molecule has 1 aromatic heterocycles. The molecule has 3 rings (SSSR count). The second-order valence-electron chi connectivity index (χ2n) is 7.05. The molecule has 0 spiro atoms. The molecule has 10 heteroatoms. The van der Waals surface area contributed by atoms with Gasteiger partial charge in [-0.1, -0.05) is 5.21 Å². The normalized spacial score (nSPS) is 11.6. The van der Waals surface area contributed by atoms with Crippen LogP contribution in [0.15, 0.2) is 48.5 Å². The molecule has 3 aromatic rings. The molecule has 0 saturated carbocycles. The number of nitrogens with zero attached hydrogens (tertiary/aromatic N) is 4. The van der Waals surface area contributed by atoms with Crippen LogP contribution < -0.4 is 10.2 Å². The van der Waals surface area contributed by atoms with Crippen LogP contribution in [-0.2, 0) is 6.18 Å². The van der Waals surface area contributed by atoms with Crippen LogP contribution in [0.4, 0.5) is 28.9 Å². The molecule has 0 aliphatic heterocycles. The van der Waals surface area contributed by atoms with E-state index in [2.05, 4.69) is 20.5 Å². The van der Waals surface area contributed by atoms with Crippen LogP contribution in [0.1, 0.15) is 37.0 Å². The third-order valence-corrected chi connectivity index (χ3v) is 4.65. The van der Waals surface area contributed by atoms with E-state index in [9.17, 15) is 22.4 Å². The number of amides is 1. The summed E-state index contributed by atoms with van der Waals surface area (Å²) in [7, 11) is 0. The van der Waals surface area contributed by atoms with Gasteiger partial charge in [-0.25, -0.2) is 9.07 Å². The maximum Gasteiger partial charge on any atom is 0.435 e. The topological polar surface area (TPSA) is 63.1 Å². The molecule has 6 nitrogen and oxygen atoms in total. The van der Waals surface area contributed by atoms with Crippen molar-refractivity contribution in [3.8, 4) is 5.69 Å². The van der Waals surface area contributed by atoms with Gasteiger partial charge in [-0.3, -0.25) is 4.79 Å². The molecule has 1 heterocycles. The Bertz CT molecular complexity index is 1040. The van der Waals surface area contributed by atoms with Gasteiger partial charge in [0.2, 0.25) is 0 Å². The Morgan fingerprint density at radius 2 is 1.71 bits per heavy atom. The van der Waals surface area contributed by atoms with Gasteiger partial charge in [0.05, 0.1) is 5.69 Å².